The van der Waals surface area contributed by atoms with Crippen molar-refractivity contribution in [3.8, 4) is 0 Å². The quantitative estimate of drug-likeness (QED) is 0.608. The van der Waals surface area contributed by atoms with Gasteiger partial charge in [0.2, 0.25) is 5.89 Å². The molecule has 0 atom stereocenters. The van der Waals surface area contributed by atoms with Crippen LogP contribution in [0, 0.1) is 0 Å². The standard InChI is InChI=1S/C6H11N3O/c1-4-5-7-8-6(10-5)9(2)3/h4H2,1-3H3. The second kappa shape index (κ2) is 2.68. The molecule has 0 bridgehead atoms. The van der Waals surface area contributed by atoms with Crippen molar-refractivity contribution in [2.24, 2.45) is 0 Å². The molecular weight excluding hydrogens is 130 g/mol. The molecule has 1 heterocycles. The summed E-state index contributed by atoms with van der Waals surface area (Å²) in [5.41, 5.74) is 0. The van der Waals surface area contributed by atoms with Crippen LogP contribution in [-0.4, -0.2) is 24.3 Å². The van der Waals surface area contributed by atoms with Gasteiger partial charge in [0.25, 0.3) is 0 Å². The second-order valence-corrected chi connectivity index (χ2v) is 2.23. The van der Waals surface area contributed by atoms with E-state index in [4.69, 9.17) is 4.42 Å². The average Bonchev–Trinajstić information content (AvgIpc) is 2.34. The van der Waals surface area contributed by atoms with Crippen molar-refractivity contribution in [1.82, 2.24) is 10.2 Å². The first-order valence-corrected chi connectivity index (χ1v) is 3.23. The molecule has 0 aliphatic carbocycles. The zero-order valence-corrected chi connectivity index (χ0v) is 6.46. The van der Waals surface area contributed by atoms with Crippen LogP contribution >= 0.6 is 0 Å². The molecule has 1 aromatic rings. The Kier molecular flexibility index (Phi) is 1.89. The van der Waals surface area contributed by atoms with Gasteiger partial charge in [-0.2, -0.15) is 0 Å². The normalized spacial score (nSPS) is 9.90. The number of aromatic nitrogens is 2. The number of aryl methyl sites for hydroxylation is 1. The molecule has 0 amide bonds. The molecule has 0 saturated heterocycles. The van der Waals surface area contributed by atoms with Crippen LogP contribution in [0.5, 0.6) is 0 Å². The molecule has 0 aliphatic rings. The van der Waals surface area contributed by atoms with Gasteiger partial charge in [-0.05, 0) is 0 Å². The van der Waals surface area contributed by atoms with E-state index in [-0.39, 0.29) is 0 Å². The summed E-state index contributed by atoms with van der Waals surface area (Å²) in [6.45, 7) is 1.98. The topological polar surface area (TPSA) is 42.2 Å². The molecule has 1 rings (SSSR count). The van der Waals surface area contributed by atoms with Crippen LogP contribution in [0.1, 0.15) is 12.8 Å². The molecule has 0 fully saturated rings. The first-order valence-electron chi connectivity index (χ1n) is 3.23. The van der Waals surface area contributed by atoms with Gasteiger partial charge in [-0.15, -0.1) is 5.10 Å². The van der Waals surface area contributed by atoms with Crippen LogP contribution < -0.4 is 4.90 Å². The third-order valence-electron chi connectivity index (χ3n) is 1.14. The lowest BCUT2D eigenvalue weighted by atomic mass is 10.5. The van der Waals surface area contributed by atoms with E-state index in [0.29, 0.717) is 11.9 Å². The van der Waals surface area contributed by atoms with Crippen LogP contribution in [0.15, 0.2) is 4.42 Å². The highest BCUT2D eigenvalue weighted by Crippen LogP contribution is 2.07. The van der Waals surface area contributed by atoms with Crippen molar-refractivity contribution in [1.29, 1.82) is 0 Å². The van der Waals surface area contributed by atoms with Gasteiger partial charge in [0, 0.05) is 20.5 Å². The van der Waals surface area contributed by atoms with Gasteiger partial charge in [-0.3, -0.25) is 0 Å². The van der Waals surface area contributed by atoms with E-state index in [1.165, 1.54) is 0 Å². The van der Waals surface area contributed by atoms with Crippen molar-refractivity contribution < 1.29 is 4.42 Å². The van der Waals surface area contributed by atoms with Crippen LogP contribution in [0.2, 0.25) is 0 Å². The zero-order chi connectivity index (χ0) is 7.56. The Morgan fingerprint density at radius 1 is 1.40 bits per heavy atom. The Labute approximate surface area is 59.9 Å². The van der Waals surface area contributed by atoms with Gasteiger partial charge in [-0.1, -0.05) is 12.0 Å². The highest BCUT2D eigenvalue weighted by molar-refractivity contribution is 5.19. The predicted octanol–water partition coefficient (Wildman–Crippen LogP) is 0.698. The highest BCUT2D eigenvalue weighted by atomic mass is 16.4. The summed E-state index contributed by atoms with van der Waals surface area (Å²) in [7, 11) is 3.74. The van der Waals surface area contributed by atoms with Crippen molar-refractivity contribution in [3.05, 3.63) is 5.89 Å². The Balaban J connectivity index is 2.78. The molecule has 1 aromatic heterocycles. The number of hydrogen-bond acceptors (Lipinski definition) is 4. The van der Waals surface area contributed by atoms with E-state index >= 15 is 0 Å². The highest BCUT2D eigenvalue weighted by Gasteiger charge is 2.03. The Hall–Kier alpha value is -1.06. The fraction of sp³-hybridized carbons (Fsp3) is 0.667. The molecule has 0 unspecified atom stereocenters. The van der Waals surface area contributed by atoms with Gasteiger partial charge in [-0.25, -0.2) is 0 Å². The molecule has 0 aromatic carbocycles. The molecule has 0 aliphatic heterocycles. The van der Waals surface area contributed by atoms with E-state index in [1.54, 1.807) is 4.90 Å². The van der Waals surface area contributed by atoms with Crippen LogP contribution in [0.3, 0.4) is 0 Å². The first-order chi connectivity index (χ1) is 4.74. The zero-order valence-electron chi connectivity index (χ0n) is 6.46. The minimum atomic E-state index is 0.567. The average molecular weight is 141 g/mol. The Morgan fingerprint density at radius 2 is 2.10 bits per heavy atom. The third-order valence-corrected chi connectivity index (χ3v) is 1.14. The maximum Gasteiger partial charge on any atom is 0.317 e. The summed E-state index contributed by atoms with van der Waals surface area (Å²) in [6.07, 6.45) is 0.792. The number of anilines is 1. The maximum atomic E-state index is 5.20. The SMILES string of the molecule is CCc1nnc(N(C)C)o1. The number of hydrogen-bond donors (Lipinski definition) is 0. The van der Waals surface area contributed by atoms with Crippen LogP contribution in [0.25, 0.3) is 0 Å². The molecule has 0 spiro atoms. The van der Waals surface area contributed by atoms with Crippen LogP contribution in [0.4, 0.5) is 6.01 Å². The molecule has 4 nitrogen and oxygen atoms in total. The van der Waals surface area contributed by atoms with Crippen LogP contribution in [-0.2, 0) is 6.42 Å². The predicted molar refractivity (Wildman–Crippen MR) is 38.0 cm³/mol. The molecule has 0 saturated carbocycles. The molecule has 4 heteroatoms. The van der Waals surface area contributed by atoms with Crippen molar-refractivity contribution >= 4 is 6.01 Å². The minimum absolute atomic E-state index is 0.567. The molecule has 10 heavy (non-hydrogen) atoms. The van der Waals surface area contributed by atoms with Crippen molar-refractivity contribution in [2.45, 2.75) is 13.3 Å². The molecular formula is C6H11N3O. The summed E-state index contributed by atoms with van der Waals surface area (Å²) in [6, 6.07) is 0.567. The van der Waals surface area contributed by atoms with Crippen molar-refractivity contribution in [2.75, 3.05) is 19.0 Å². The molecule has 56 valence electrons. The molecule has 0 radical (unpaired) electrons. The van der Waals surface area contributed by atoms with E-state index < -0.39 is 0 Å². The van der Waals surface area contributed by atoms with E-state index in [0.717, 1.165) is 6.42 Å². The largest absolute Gasteiger partial charge is 0.408 e. The van der Waals surface area contributed by atoms with E-state index in [2.05, 4.69) is 10.2 Å². The van der Waals surface area contributed by atoms with Gasteiger partial charge >= 0.3 is 6.01 Å². The fourth-order valence-electron chi connectivity index (χ4n) is 0.568. The summed E-state index contributed by atoms with van der Waals surface area (Å²) < 4.78 is 5.20. The Morgan fingerprint density at radius 3 is 2.40 bits per heavy atom. The first kappa shape index (κ1) is 7.05. The lowest BCUT2D eigenvalue weighted by molar-refractivity contribution is 0.501. The fourth-order valence-corrected chi connectivity index (χ4v) is 0.568. The summed E-state index contributed by atoms with van der Waals surface area (Å²) in [4.78, 5) is 1.78. The monoisotopic (exact) mass is 141 g/mol. The number of nitrogens with zero attached hydrogens (tertiary/aromatic N) is 3. The summed E-state index contributed by atoms with van der Waals surface area (Å²) in [5, 5.41) is 7.59. The second-order valence-electron chi connectivity index (χ2n) is 2.23. The summed E-state index contributed by atoms with van der Waals surface area (Å²) in [5.74, 6) is 0.684. The van der Waals surface area contributed by atoms with E-state index in [1.807, 2.05) is 21.0 Å². The maximum absolute atomic E-state index is 5.20. The van der Waals surface area contributed by atoms with Gasteiger partial charge in [0.15, 0.2) is 0 Å². The smallest absolute Gasteiger partial charge is 0.317 e. The van der Waals surface area contributed by atoms with Gasteiger partial charge in [0.1, 0.15) is 0 Å². The summed E-state index contributed by atoms with van der Waals surface area (Å²) >= 11 is 0. The van der Waals surface area contributed by atoms with Gasteiger partial charge in [0.05, 0.1) is 0 Å². The Bertz CT molecular complexity index is 207. The number of rotatable bonds is 2. The van der Waals surface area contributed by atoms with Gasteiger partial charge < -0.3 is 9.32 Å². The molecule has 0 N–H and O–H groups in total. The minimum Gasteiger partial charge on any atom is -0.408 e. The van der Waals surface area contributed by atoms with E-state index in [9.17, 15) is 0 Å². The third kappa shape index (κ3) is 1.26. The lowest BCUT2D eigenvalue weighted by Gasteiger charge is -2.02. The van der Waals surface area contributed by atoms with Crippen molar-refractivity contribution in [3.63, 3.8) is 0 Å². The lowest BCUT2D eigenvalue weighted by Crippen LogP contribution is -2.08.